The van der Waals surface area contributed by atoms with Crippen molar-refractivity contribution < 1.29 is 19.1 Å². The van der Waals surface area contributed by atoms with E-state index < -0.39 is 17.4 Å². The zero-order valence-electron chi connectivity index (χ0n) is 20.3. The van der Waals surface area contributed by atoms with E-state index in [1.165, 1.54) is 0 Å². The SMILES string of the molecule is CCCN1CCN(c2cc(Cl)nc(-n3ccnc3)n2)CC1(C(N)=O)C(=O)NCc1ccc2c(c1)OCO2. The molecule has 13 heteroatoms. The van der Waals surface area contributed by atoms with Crippen LogP contribution in [-0.4, -0.2) is 74.7 Å². The van der Waals surface area contributed by atoms with Gasteiger partial charge in [-0.05, 0) is 30.7 Å². The molecule has 3 aromatic rings. The lowest BCUT2D eigenvalue weighted by Crippen LogP contribution is -2.74. The third-order valence-electron chi connectivity index (χ3n) is 6.50. The zero-order valence-corrected chi connectivity index (χ0v) is 21.0. The summed E-state index contributed by atoms with van der Waals surface area (Å²) < 4.78 is 12.4. The van der Waals surface area contributed by atoms with E-state index in [-0.39, 0.29) is 25.0 Å². The first-order chi connectivity index (χ1) is 17.9. The molecule has 0 radical (unpaired) electrons. The number of primary amides is 1. The van der Waals surface area contributed by atoms with Crippen molar-refractivity contribution in [3.05, 3.63) is 53.7 Å². The van der Waals surface area contributed by atoms with Crippen molar-refractivity contribution in [3.63, 3.8) is 0 Å². The van der Waals surface area contributed by atoms with Gasteiger partial charge >= 0.3 is 0 Å². The standard InChI is InChI=1S/C24H27ClN8O4/c1-2-6-33-9-8-31(20-11-19(25)29-23(30-20)32-7-5-27-14-32)13-24(33,21(26)34)22(35)28-12-16-3-4-17-18(10-16)37-15-36-17/h3-5,7,10-11,14H,2,6,8-9,12-13,15H2,1H3,(H2,26,34)(H,28,35). The van der Waals surface area contributed by atoms with Crippen LogP contribution >= 0.6 is 11.6 Å². The first-order valence-electron chi connectivity index (χ1n) is 11.9. The van der Waals surface area contributed by atoms with Crippen molar-refractivity contribution in [1.29, 1.82) is 0 Å². The number of carbonyl (C=O) groups is 2. The summed E-state index contributed by atoms with van der Waals surface area (Å²) in [7, 11) is 0. The lowest BCUT2D eigenvalue weighted by molar-refractivity contribution is -0.145. The fourth-order valence-electron chi connectivity index (χ4n) is 4.65. The topological polar surface area (TPSA) is 141 Å². The number of fused-ring (bicyclic) bond motifs is 1. The van der Waals surface area contributed by atoms with Crippen LogP contribution in [0.15, 0.2) is 43.0 Å². The number of nitrogens with one attached hydrogen (secondary N) is 1. The van der Waals surface area contributed by atoms with Gasteiger partial charge in [-0.2, -0.15) is 4.98 Å². The van der Waals surface area contributed by atoms with E-state index in [9.17, 15) is 9.59 Å². The second-order valence-corrected chi connectivity index (χ2v) is 9.21. The van der Waals surface area contributed by atoms with Crippen LogP contribution in [0.2, 0.25) is 5.15 Å². The number of imidazole rings is 1. The smallest absolute Gasteiger partial charge is 0.252 e. The number of hydrogen-bond donors (Lipinski definition) is 2. The van der Waals surface area contributed by atoms with E-state index in [0.717, 1.165) is 12.0 Å². The maximum Gasteiger partial charge on any atom is 0.252 e. The van der Waals surface area contributed by atoms with Crippen LogP contribution in [0.3, 0.4) is 0 Å². The predicted molar refractivity (Wildman–Crippen MR) is 135 cm³/mol. The van der Waals surface area contributed by atoms with Crippen LogP contribution in [0.5, 0.6) is 11.5 Å². The Bertz CT molecular complexity index is 1300. The Morgan fingerprint density at radius 2 is 2.03 bits per heavy atom. The molecule has 2 aliphatic heterocycles. The highest BCUT2D eigenvalue weighted by Crippen LogP contribution is 2.33. The third-order valence-corrected chi connectivity index (χ3v) is 6.69. The quantitative estimate of drug-likeness (QED) is 0.326. The third kappa shape index (κ3) is 4.77. The first kappa shape index (κ1) is 24.8. The van der Waals surface area contributed by atoms with Crippen molar-refractivity contribution >= 4 is 29.2 Å². The number of hydrogen-bond acceptors (Lipinski definition) is 9. The molecule has 37 heavy (non-hydrogen) atoms. The molecule has 5 rings (SSSR count). The summed E-state index contributed by atoms with van der Waals surface area (Å²) in [5.74, 6) is 0.859. The number of nitrogens with zero attached hydrogens (tertiary/aromatic N) is 6. The van der Waals surface area contributed by atoms with Gasteiger partial charge in [0.2, 0.25) is 18.6 Å². The molecule has 1 aromatic carbocycles. The minimum absolute atomic E-state index is 0.00597. The Labute approximate surface area is 218 Å². The first-order valence-corrected chi connectivity index (χ1v) is 12.3. The van der Waals surface area contributed by atoms with Crippen molar-refractivity contribution in [3.8, 4) is 17.4 Å². The molecule has 12 nitrogen and oxygen atoms in total. The highest BCUT2D eigenvalue weighted by atomic mass is 35.5. The number of carbonyl (C=O) groups excluding carboxylic acids is 2. The minimum atomic E-state index is -1.61. The van der Waals surface area contributed by atoms with Crippen LogP contribution in [-0.2, 0) is 16.1 Å². The normalized spacial score (nSPS) is 19.1. The van der Waals surface area contributed by atoms with Crippen LogP contribution in [0.1, 0.15) is 18.9 Å². The van der Waals surface area contributed by atoms with Crippen LogP contribution in [0.25, 0.3) is 5.95 Å². The summed E-state index contributed by atoms with van der Waals surface area (Å²) in [5, 5.41) is 3.14. The number of benzene rings is 1. The van der Waals surface area contributed by atoms with Crippen LogP contribution in [0, 0.1) is 0 Å². The molecular weight excluding hydrogens is 500 g/mol. The van der Waals surface area contributed by atoms with E-state index in [1.54, 1.807) is 41.5 Å². The predicted octanol–water partition coefficient (Wildman–Crippen LogP) is 1.12. The molecule has 0 bridgehead atoms. The second-order valence-electron chi connectivity index (χ2n) is 8.82. The summed E-state index contributed by atoms with van der Waals surface area (Å²) >= 11 is 6.31. The largest absolute Gasteiger partial charge is 0.454 e. The van der Waals surface area contributed by atoms with E-state index in [0.29, 0.717) is 42.9 Å². The number of ether oxygens (including phenoxy) is 2. The summed E-state index contributed by atoms with van der Waals surface area (Å²) in [6, 6.07) is 7.03. The molecule has 0 aliphatic carbocycles. The monoisotopic (exact) mass is 526 g/mol. The van der Waals surface area contributed by atoms with Gasteiger partial charge in [0, 0.05) is 38.1 Å². The molecule has 1 atom stereocenters. The van der Waals surface area contributed by atoms with Crippen LogP contribution in [0.4, 0.5) is 5.82 Å². The second kappa shape index (κ2) is 10.2. The lowest BCUT2D eigenvalue weighted by Gasteiger charge is -2.47. The van der Waals surface area contributed by atoms with Gasteiger partial charge < -0.3 is 25.4 Å². The molecule has 0 spiro atoms. The van der Waals surface area contributed by atoms with E-state index in [2.05, 4.69) is 20.3 Å². The van der Waals surface area contributed by atoms with Gasteiger partial charge in [0.25, 0.3) is 5.91 Å². The van der Waals surface area contributed by atoms with Crippen molar-refractivity contribution in [2.45, 2.75) is 25.4 Å². The number of aromatic nitrogens is 4. The molecular formula is C24H27ClN8O4. The Balaban J connectivity index is 1.42. The summed E-state index contributed by atoms with van der Waals surface area (Å²) in [4.78, 5) is 43.4. The Morgan fingerprint density at radius 3 is 2.78 bits per heavy atom. The average molecular weight is 527 g/mol. The highest BCUT2D eigenvalue weighted by molar-refractivity contribution is 6.29. The number of anilines is 1. The van der Waals surface area contributed by atoms with Gasteiger partial charge in [-0.1, -0.05) is 24.6 Å². The van der Waals surface area contributed by atoms with Crippen molar-refractivity contribution in [2.75, 3.05) is 37.9 Å². The fourth-order valence-corrected chi connectivity index (χ4v) is 4.82. The Kier molecular flexibility index (Phi) is 6.85. The maximum absolute atomic E-state index is 13.7. The zero-order chi connectivity index (χ0) is 26.0. The Hall–Kier alpha value is -3.90. The summed E-state index contributed by atoms with van der Waals surface area (Å²) in [6.07, 6.45) is 5.61. The minimum Gasteiger partial charge on any atom is -0.454 e. The van der Waals surface area contributed by atoms with Gasteiger partial charge in [0.05, 0.1) is 6.54 Å². The lowest BCUT2D eigenvalue weighted by atomic mass is 9.90. The van der Waals surface area contributed by atoms with Gasteiger partial charge in [-0.3, -0.25) is 19.1 Å². The highest BCUT2D eigenvalue weighted by Gasteiger charge is 2.53. The molecule has 4 heterocycles. The molecule has 194 valence electrons. The molecule has 0 saturated carbocycles. The molecule has 2 aliphatic rings. The fraction of sp³-hybridized carbons (Fsp3) is 0.375. The molecule has 1 unspecified atom stereocenters. The van der Waals surface area contributed by atoms with Gasteiger partial charge in [-0.15, -0.1) is 0 Å². The van der Waals surface area contributed by atoms with Gasteiger partial charge in [0.15, 0.2) is 17.0 Å². The average Bonchev–Trinajstić information content (AvgIpc) is 3.59. The van der Waals surface area contributed by atoms with Crippen molar-refractivity contribution in [1.82, 2.24) is 29.7 Å². The summed E-state index contributed by atoms with van der Waals surface area (Å²) in [5.41, 5.74) is 5.16. The van der Waals surface area contributed by atoms with Crippen LogP contribution < -0.4 is 25.4 Å². The molecule has 2 aromatic heterocycles. The Morgan fingerprint density at radius 1 is 1.19 bits per heavy atom. The number of piperazine rings is 1. The van der Waals surface area contributed by atoms with E-state index in [4.69, 9.17) is 26.8 Å². The molecule has 2 amide bonds. The van der Waals surface area contributed by atoms with E-state index in [1.807, 2.05) is 22.8 Å². The molecule has 3 N–H and O–H groups in total. The molecule has 1 fully saturated rings. The number of halogens is 1. The maximum atomic E-state index is 13.7. The number of amides is 2. The number of rotatable bonds is 8. The summed E-state index contributed by atoms with van der Waals surface area (Å²) in [6.45, 7) is 3.81. The van der Waals surface area contributed by atoms with E-state index >= 15 is 0 Å². The molecule has 1 saturated heterocycles. The number of nitrogens with two attached hydrogens (primary N) is 1. The van der Waals surface area contributed by atoms with Gasteiger partial charge in [-0.25, -0.2) is 9.97 Å². The van der Waals surface area contributed by atoms with Crippen molar-refractivity contribution in [2.24, 2.45) is 5.73 Å². The van der Waals surface area contributed by atoms with Gasteiger partial charge in [0.1, 0.15) is 17.3 Å².